The van der Waals surface area contributed by atoms with Crippen molar-refractivity contribution >= 4 is 23.2 Å². The number of hydrogen-bond donors (Lipinski definition) is 1. The van der Waals surface area contributed by atoms with E-state index in [0.29, 0.717) is 10.8 Å². The molecule has 0 aliphatic heterocycles. The second kappa shape index (κ2) is 10.4. The third-order valence-electron chi connectivity index (χ3n) is 5.14. The number of halogens is 1. The van der Waals surface area contributed by atoms with E-state index in [1.807, 2.05) is 24.3 Å². The molecule has 2 aromatic rings. The molecule has 1 unspecified atom stereocenters. The second-order valence-corrected chi connectivity index (χ2v) is 7.81. The SMILES string of the molecule is CC(Oc1ccc(Cl)cc1)C(=O)Nc1ccc(OCCC2CCCCC2)cc1. The quantitative estimate of drug-likeness (QED) is 0.581. The number of benzene rings is 2. The maximum atomic E-state index is 12.3. The number of nitrogens with one attached hydrogen (secondary N) is 1. The van der Waals surface area contributed by atoms with Gasteiger partial charge in [-0.3, -0.25) is 4.79 Å². The first-order valence-corrected chi connectivity index (χ1v) is 10.4. The van der Waals surface area contributed by atoms with Gasteiger partial charge in [-0.1, -0.05) is 43.7 Å². The Hall–Kier alpha value is -2.20. The van der Waals surface area contributed by atoms with Crippen LogP contribution in [0, 0.1) is 5.92 Å². The van der Waals surface area contributed by atoms with Gasteiger partial charge in [-0.25, -0.2) is 0 Å². The highest BCUT2D eigenvalue weighted by Gasteiger charge is 2.15. The Bertz CT molecular complexity index is 739. The van der Waals surface area contributed by atoms with Crippen LogP contribution in [0.25, 0.3) is 0 Å². The topological polar surface area (TPSA) is 47.6 Å². The van der Waals surface area contributed by atoms with E-state index in [1.54, 1.807) is 31.2 Å². The molecule has 2 aromatic carbocycles. The Morgan fingerprint density at radius 1 is 1.04 bits per heavy atom. The van der Waals surface area contributed by atoms with Crippen LogP contribution in [-0.2, 0) is 4.79 Å². The molecule has 1 saturated carbocycles. The molecule has 1 aliphatic rings. The summed E-state index contributed by atoms with van der Waals surface area (Å²) in [6.07, 6.45) is 7.28. The number of anilines is 1. The molecule has 28 heavy (non-hydrogen) atoms. The fourth-order valence-electron chi connectivity index (χ4n) is 3.47. The van der Waals surface area contributed by atoms with Crippen LogP contribution in [0.2, 0.25) is 5.02 Å². The molecule has 1 fully saturated rings. The zero-order valence-corrected chi connectivity index (χ0v) is 17.1. The lowest BCUT2D eigenvalue weighted by Crippen LogP contribution is -2.30. The van der Waals surface area contributed by atoms with E-state index in [9.17, 15) is 4.79 Å². The number of carbonyl (C=O) groups excluding carboxylic acids is 1. The van der Waals surface area contributed by atoms with Gasteiger partial charge in [0.25, 0.3) is 5.91 Å². The number of carbonyl (C=O) groups is 1. The van der Waals surface area contributed by atoms with E-state index in [0.717, 1.165) is 30.4 Å². The molecular weight excluding hydrogens is 374 g/mol. The van der Waals surface area contributed by atoms with Gasteiger partial charge in [0.15, 0.2) is 6.10 Å². The van der Waals surface area contributed by atoms with Crippen molar-refractivity contribution in [3.05, 3.63) is 53.6 Å². The summed E-state index contributed by atoms with van der Waals surface area (Å²) >= 11 is 5.86. The van der Waals surface area contributed by atoms with E-state index in [2.05, 4.69) is 5.32 Å². The predicted octanol–water partition coefficient (Wildman–Crippen LogP) is 6.10. The lowest BCUT2D eigenvalue weighted by Gasteiger charge is -2.21. The fraction of sp³-hybridized carbons (Fsp3) is 0.435. The molecule has 0 bridgehead atoms. The van der Waals surface area contributed by atoms with Gasteiger partial charge in [0.1, 0.15) is 11.5 Å². The van der Waals surface area contributed by atoms with Crippen molar-refractivity contribution in [2.75, 3.05) is 11.9 Å². The molecule has 3 rings (SSSR count). The van der Waals surface area contributed by atoms with Gasteiger partial charge in [-0.05, 0) is 67.8 Å². The molecule has 1 atom stereocenters. The van der Waals surface area contributed by atoms with Crippen molar-refractivity contribution in [3.63, 3.8) is 0 Å². The molecule has 1 aliphatic carbocycles. The van der Waals surface area contributed by atoms with E-state index in [4.69, 9.17) is 21.1 Å². The average molecular weight is 402 g/mol. The molecule has 4 nitrogen and oxygen atoms in total. The first-order chi connectivity index (χ1) is 13.6. The lowest BCUT2D eigenvalue weighted by molar-refractivity contribution is -0.122. The molecule has 0 aromatic heterocycles. The van der Waals surface area contributed by atoms with Gasteiger partial charge >= 0.3 is 0 Å². The van der Waals surface area contributed by atoms with Crippen LogP contribution in [0.4, 0.5) is 5.69 Å². The first kappa shape index (κ1) is 20.5. The maximum absolute atomic E-state index is 12.3. The standard InChI is InChI=1S/C23H28ClNO3/c1-17(28-22-11-7-19(24)8-12-22)23(26)25-20-9-13-21(14-10-20)27-16-15-18-5-3-2-4-6-18/h7-14,17-18H,2-6,15-16H2,1H3,(H,25,26). The maximum Gasteiger partial charge on any atom is 0.265 e. The Morgan fingerprint density at radius 2 is 1.68 bits per heavy atom. The zero-order chi connectivity index (χ0) is 19.8. The third kappa shape index (κ3) is 6.45. The Morgan fingerprint density at radius 3 is 2.36 bits per heavy atom. The van der Waals surface area contributed by atoms with E-state index in [-0.39, 0.29) is 5.91 Å². The van der Waals surface area contributed by atoms with Gasteiger partial charge in [-0.2, -0.15) is 0 Å². The highest BCUT2D eigenvalue weighted by molar-refractivity contribution is 6.30. The van der Waals surface area contributed by atoms with Gasteiger partial charge < -0.3 is 14.8 Å². The van der Waals surface area contributed by atoms with Gasteiger partial charge in [0.2, 0.25) is 0 Å². The summed E-state index contributed by atoms with van der Waals surface area (Å²) in [6.45, 7) is 2.47. The van der Waals surface area contributed by atoms with E-state index >= 15 is 0 Å². The predicted molar refractivity (Wildman–Crippen MR) is 113 cm³/mol. The molecule has 0 heterocycles. The van der Waals surface area contributed by atoms with Crippen molar-refractivity contribution in [2.24, 2.45) is 5.92 Å². The third-order valence-corrected chi connectivity index (χ3v) is 5.39. The van der Waals surface area contributed by atoms with Gasteiger partial charge in [0, 0.05) is 10.7 Å². The lowest BCUT2D eigenvalue weighted by atomic mass is 9.87. The summed E-state index contributed by atoms with van der Waals surface area (Å²) in [7, 11) is 0. The smallest absolute Gasteiger partial charge is 0.265 e. The number of amides is 1. The molecule has 150 valence electrons. The van der Waals surface area contributed by atoms with Crippen molar-refractivity contribution < 1.29 is 14.3 Å². The van der Waals surface area contributed by atoms with Gasteiger partial charge in [0.05, 0.1) is 6.61 Å². The molecule has 5 heteroatoms. The average Bonchev–Trinajstić information content (AvgIpc) is 2.72. The normalized spacial score (nSPS) is 15.6. The minimum atomic E-state index is -0.618. The largest absolute Gasteiger partial charge is 0.494 e. The fourth-order valence-corrected chi connectivity index (χ4v) is 3.59. The molecule has 1 amide bonds. The van der Waals surface area contributed by atoms with Crippen LogP contribution >= 0.6 is 11.6 Å². The summed E-state index contributed by atoms with van der Waals surface area (Å²) in [5.74, 6) is 2.04. The van der Waals surface area contributed by atoms with Crippen LogP contribution in [0.5, 0.6) is 11.5 Å². The highest BCUT2D eigenvalue weighted by Crippen LogP contribution is 2.26. The van der Waals surface area contributed by atoms with Crippen LogP contribution in [-0.4, -0.2) is 18.6 Å². The van der Waals surface area contributed by atoms with E-state index < -0.39 is 6.10 Å². The van der Waals surface area contributed by atoms with Gasteiger partial charge in [-0.15, -0.1) is 0 Å². The van der Waals surface area contributed by atoms with Crippen LogP contribution in [0.3, 0.4) is 0 Å². The summed E-state index contributed by atoms with van der Waals surface area (Å²) in [5.41, 5.74) is 0.719. The van der Waals surface area contributed by atoms with Crippen molar-refractivity contribution in [1.82, 2.24) is 0 Å². The molecule has 0 radical (unpaired) electrons. The summed E-state index contributed by atoms with van der Waals surface area (Å²) in [4.78, 5) is 12.3. The minimum Gasteiger partial charge on any atom is -0.494 e. The highest BCUT2D eigenvalue weighted by atomic mass is 35.5. The monoisotopic (exact) mass is 401 g/mol. The number of ether oxygens (including phenoxy) is 2. The second-order valence-electron chi connectivity index (χ2n) is 7.37. The number of hydrogen-bond acceptors (Lipinski definition) is 3. The van der Waals surface area contributed by atoms with Crippen molar-refractivity contribution in [2.45, 2.75) is 51.6 Å². The summed E-state index contributed by atoms with van der Waals surface area (Å²) in [6, 6.07) is 14.4. The van der Waals surface area contributed by atoms with Crippen LogP contribution in [0.1, 0.15) is 45.4 Å². The van der Waals surface area contributed by atoms with E-state index in [1.165, 1.54) is 32.1 Å². The Labute approximate surface area is 172 Å². The molecule has 0 spiro atoms. The number of rotatable bonds is 8. The Kier molecular flexibility index (Phi) is 7.61. The minimum absolute atomic E-state index is 0.207. The van der Waals surface area contributed by atoms with Crippen LogP contribution < -0.4 is 14.8 Å². The van der Waals surface area contributed by atoms with Crippen molar-refractivity contribution in [3.8, 4) is 11.5 Å². The molecule has 1 N–H and O–H groups in total. The first-order valence-electron chi connectivity index (χ1n) is 10.1. The van der Waals surface area contributed by atoms with Crippen LogP contribution in [0.15, 0.2) is 48.5 Å². The summed E-state index contributed by atoms with van der Waals surface area (Å²) < 4.78 is 11.5. The zero-order valence-electron chi connectivity index (χ0n) is 16.3. The molecular formula is C23H28ClNO3. The van der Waals surface area contributed by atoms with Crippen molar-refractivity contribution in [1.29, 1.82) is 0 Å². The summed E-state index contributed by atoms with van der Waals surface area (Å²) in [5, 5.41) is 3.49. The Balaban J connectivity index is 1.42. The molecule has 0 saturated heterocycles.